The minimum absolute atomic E-state index is 0.132. The smallest absolute Gasteiger partial charge is 0.344 e. The Bertz CT molecular complexity index is 803. The van der Waals surface area contributed by atoms with Crippen molar-refractivity contribution in [1.29, 1.82) is 5.26 Å². The number of benzene rings is 1. The first kappa shape index (κ1) is 13.2. The van der Waals surface area contributed by atoms with Crippen molar-refractivity contribution >= 4 is 22.4 Å². The van der Waals surface area contributed by atoms with Crippen molar-refractivity contribution < 1.29 is 14.1 Å². The lowest BCUT2D eigenvalue weighted by atomic mass is 10.1. The molecule has 0 aliphatic rings. The maximum Gasteiger partial charge on any atom is 0.344 e. The minimum atomic E-state index is -0.778. The van der Waals surface area contributed by atoms with Gasteiger partial charge < -0.3 is 9.73 Å². The second kappa shape index (κ2) is 5.19. The van der Waals surface area contributed by atoms with Crippen LogP contribution in [-0.2, 0) is 0 Å². The van der Waals surface area contributed by atoms with Gasteiger partial charge in [-0.1, -0.05) is 0 Å². The summed E-state index contributed by atoms with van der Waals surface area (Å²) in [4.78, 5) is 33.3. The van der Waals surface area contributed by atoms with Gasteiger partial charge in [-0.3, -0.25) is 14.9 Å². The highest BCUT2D eigenvalue weighted by Crippen LogP contribution is 2.19. The lowest BCUT2D eigenvalue weighted by molar-refractivity contribution is -0.384. The second-order valence-electron chi connectivity index (χ2n) is 3.77. The molecule has 0 aliphatic heterocycles. The Hall–Kier alpha value is -3.21. The van der Waals surface area contributed by atoms with Crippen molar-refractivity contribution in [2.75, 3.05) is 6.54 Å². The van der Waals surface area contributed by atoms with E-state index in [9.17, 15) is 19.7 Å². The summed E-state index contributed by atoms with van der Waals surface area (Å²) in [6.45, 7) is -0.241. The first-order valence-electron chi connectivity index (χ1n) is 5.40. The van der Waals surface area contributed by atoms with Crippen molar-refractivity contribution in [2.24, 2.45) is 0 Å². The van der Waals surface area contributed by atoms with E-state index in [1.165, 1.54) is 24.3 Å². The summed E-state index contributed by atoms with van der Waals surface area (Å²) in [6.07, 6.45) is 0. The molecule has 1 heterocycles. The van der Waals surface area contributed by atoms with Crippen molar-refractivity contribution in [3.8, 4) is 6.07 Å². The highest BCUT2D eigenvalue weighted by Gasteiger charge is 2.14. The summed E-state index contributed by atoms with van der Waals surface area (Å²) in [6, 6.07) is 6.53. The number of nitro benzene ring substituents is 1. The van der Waals surface area contributed by atoms with E-state index in [4.69, 9.17) is 9.68 Å². The Kier molecular flexibility index (Phi) is 3.43. The zero-order valence-corrected chi connectivity index (χ0v) is 9.95. The van der Waals surface area contributed by atoms with Gasteiger partial charge in [-0.05, 0) is 17.5 Å². The fourth-order valence-corrected chi connectivity index (χ4v) is 1.61. The van der Waals surface area contributed by atoms with Crippen LogP contribution in [0.2, 0.25) is 0 Å². The third-order valence-electron chi connectivity index (χ3n) is 2.51. The topological polar surface area (TPSA) is 126 Å². The van der Waals surface area contributed by atoms with E-state index in [-0.39, 0.29) is 28.8 Å². The molecule has 1 aromatic carbocycles. The van der Waals surface area contributed by atoms with Gasteiger partial charge in [0.15, 0.2) is 5.76 Å². The van der Waals surface area contributed by atoms with Gasteiger partial charge in [0.2, 0.25) is 0 Å². The number of nitrogens with zero attached hydrogens (tertiary/aromatic N) is 2. The second-order valence-corrected chi connectivity index (χ2v) is 3.77. The number of nitrogens with one attached hydrogen (secondary N) is 1. The first-order valence-corrected chi connectivity index (χ1v) is 5.40. The summed E-state index contributed by atoms with van der Waals surface area (Å²) in [5.41, 5.74) is -0.981. The molecule has 2 rings (SSSR count). The quantitative estimate of drug-likeness (QED) is 0.504. The van der Waals surface area contributed by atoms with Crippen LogP contribution in [0.5, 0.6) is 0 Å². The standard InChI is InChI=1S/C12H7N3O5/c13-3-4-14-11(16)10-6-7-5-8(15(18)19)1-2-9(7)12(17)20-10/h1-2,5-6H,4H2,(H,14,16). The lowest BCUT2D eigenvalue weighted by Crippen LogP contribution is -2.24. The van der Waals surface area contributed by atoms with E-state index in [0.717, 1.165) is 0 Å². The Morgan fingerprint density at radius 2 is 2.20 bits per heavy atom. The van der Waals surface area contributed by atoms with E-state index in [1.54, 1.807) is 6.07 Å². The average molecular weight is 273 g/mol. The molecule has 0 bridgehead atoms. The largest absolute Gasteiger partial charge is 0.417 e. The van der Waals surface area contributed by atoms with Crippen LogP contribution in [0.15, 0.2) is 33.5 Å². The van der Waals surface area contributed by atoms with Crippen LogP contribution in [0.1, 0.15) is 10.6 Å². The zero-order valence-electron chi connectivity index (χ0n) is 9.95. The molecule has 1 N–H and O–H groups in total. The van der Waals surface area contributed by atoms with Crippen molar-refractivity contribution in [3.63, 3.8) is 0 Å². The monoisotopic (exact) mass is 273 g/mol. The number of fused-ring (bicyclic) bond motifs is 1. The van der Waals surface area contributed by atoms with E-state index in [0.29, 0.717) is 0 Å². The summed E-state index contributed by atoms with van der Waals surface area (Å²) < 4.78 is 4.80. The fraction of sp³-hybridized carbons (Fsp3) is 0.0833. The number of non-ortho nitro benzene ring substituents is 1. The van der Waals surface area contributed by atoms with E-state index in [1.807, 2.05) is 0 Å². The van der Waals surface area contributed by atoms with Crippen LogP contribution in [0.25, 0.3) is 10.8 Å². The van der Waals surface area contributed by atoms with E-state index in [2.05, 4.69) is 5.32 Å². The molecule has 20 heavy (non-hydrogen) atoms. The average Bonchev–Trinajstić information content (AvgIpc) is 2.43. The molecule has 0 saturated heterocycles. The Morgan fingerprint density at radius 1 is 1.45 bits per heavy atom. The van der Waals surface area contributed by atoms with Crippen LogP contribution in [0.4, 0.5) is 5.69 Å². The molecule has 0 atom stereocenters. The highest BCUT2D eigenvalue weighted by atomic mass is 16.6. The van der Waals surface area contributed by atoms with Crippen LogP contribution >= 0.6 is 0 Å². The first-order chi connectivity index (χ1) is 9.52. The van der Waals surface area contributed by atoms with Gasteiger partial charge in [-0.2, -0.15) is 5.26 Å². The SMILES string of the molecule is N#CCNC(=O)c1cc2cc([N+](=O)[O-])ccc2c(=O)o1. The number of carbonyl (C=O) groups excluding carboxylic acids is 1. The van der Waals surface area contributed by atoms with Gasteiger partial charge in [0.05, 0.1) is 16.4 Å². The predicted molar refractivity (Wildman–Crippen MR) is 67.1 cm³/mol. The molecular formula is C12H7N3O5. The predicted octanol–water partition coefficient (Wildman–Crippen LogP) is 0.955. The Labute approximate surface area is 111 Å². The molecule has 0 unspecified atom stereocenters. The number of nitro groups is 1. The molecule has 100 valence electrons. The zero-order chi connectivity index (χ0) is 14.7. The molecular weight excluding hydrogens is 266 g/mol. The minimum Gasteiger partial charge on any atom is -0.417 e. The lowest BCUT2D eigenvalue weighted by Gasteiger charge is -2.02. The van der Waals surface area contributed by atoms with Crippen LogP contribution in [0.3, 0.4) is 0 Å². The number of rotatable bonds is 3. The Balaban J connectivity index is 2.55. The number of carbonyl (C=O) groups is 1. The van der Waals surface area contributed by atoms with Crippen LogP contribution in [0, 0.1) is 21.4 Å². The molecule has 0 saturated carbocycles. The highest BCUT2D eigenvalue weighted by molar-refractivity contribution is 5.95. The van der Waals surface area contributed by atoms with Crippen LogP contribution in [-0.4, -0.2) is 17.4 Å². The summed E-state index contributed by atoms with van der Waals surface area (Å²) in [5, 5.41) is 21.6. The van der Waals surface area contributed by atoms with Crippen molar-refractivity contribution in [1.82, 2.24) is 5.32 Å². The van der Waals surface area contributed by atoms with Crippen molar-refractivity contribution in [3.05, 3.63) is 50.6 Å². The third kappa shape index (κ3) is 2.46. The summed E-state index contributed by atoms with van der Waals surface area (Å²) in [5.74, 6) is -1.05. The molecule has 0 fully saturated rings. The van der Waals surface area contributed by atoms with E-state index >= 15 is 0 Å². The molecule has 2 aromatic rings. The molecule has 0 radical (unpaired) electrons. The molecule has 1 amide bonds. The van der Waals surface area contributed by atoms with Gasteiger partial charge in [0.1, 0.15) is 6.54 Å². The van der Waals surface area contributed by atoms with Gasteiger partial charge >= 0.3 is 5.63 Å². The molecule has 0 spiro atoms. The fourth-order valence-electron chi connectivity index (χ4n) is 1.61. The van der Waals surface area contributed by atoms with Crippen LogP contribution < -0.4 is 10.9 Å². The maximum absolute atomic E-state index is 11.7. The normalized spacial score (nSPS) is 9.95. The van der Waals surface area contributed by atoms with Crippen molar-refractivity contribution in [2.45, 2.75) is 0 Å². The molecule has 8 nitrogen and oxygen atoms in total. The van der Waals surface area contributed by atoms with E-state index < -0.39 is 16.5 Å². The van der Waals surface area contributed by atoms with Gasteiger partial charge in [0, 0.05) is 12.1 Å². The number of amides is 1. The number of hydrogen-bond acceptors (Lipinski definition) is 6. The molecule has 1 aromatic heterocycles. The number of nitriles is 1. The van der Waals surface area contributed by atoms with Gasteiger partial charge in [-0.25, -0.2) is 4.79 Å². The maximum atomic E-state index is 11.7. The number of hydrogen-bond donors (Lipinski definition) is 1. The van der Waals surface area contributed by atoms with Gasteiger partial charge in [-0.15, -0.1) is 0 Å². The summed E-state index contributed by atoms with van der Waals surface area (Å²) in [7, 11) is 0. The summed E-state index contributed by atoms with van der Waals surface area (Å²) >= 11 is 0. The molecule has 0 aliphatic carbocycles. The van der Waals surface area contributed by atoms with Gasteiger partial charge in [0.25, 0.3) is 11.6 Å². The third-order valence-corrected chi connectivity index (χ3v) is 2.51. The molecule has 8 heteroatoms. The Morgan fingerprint density at radius 3 is 2.85 bits per heavy atom.